The molecule has 0 radical (unpaired) electrons. The molecular formula is C20H25ClN4O2. The molecule has 0 amide bonds. The molecule has 27 heavy (non-hydrogen) atoms. The van der Waals surface area contributed by atoms with E-state index in [1.54, 1.807) is 0 Å². The van der Waals surface area contributed by atoms with Crippen molar-refractivity contribution in [3.63, 3.8) is 0 Å². The highest BCUT2D eigenvalue weighted by molar-refractivity contribution is 6.33. The third-order valence-corrected chi connectivity index (χ3v) is 6.09. The van der Waals surface area contributed by atoms with Crippen molar-refractivity contribution in [1.82, 2.24) is 9.97 Å². The summed E-state index contributed by atoms with van der Waals surface area (Å²) < 4.78 is 6.56. The summed E-state index contributed by atoms with van der Waals surface area (Å²) in [6.45, 7) is 3.34. The van der Waals surface area contributed by atoms with Crippen LogP contribution >= 0.6 is 11.6 Å². The Morgan fingerprint density at radius 1 is 1.22 bits per heavy atom. The van der Waals surface area contributed by atoms with Crippen LogP contribution in [0.3, 0.4) is 0 Å². The van der Waals surface area contributed by atoms with E-state index in [-0.39, 0.29) is 23.8 Å². The van der Waals surface area contributed by atoms with Crippen LogP contribution in [0.5, 0.6) is 0 Å². The average molecular weight is 389 g/mol. The van der Waals surface area contributed by atoms with Crippen molar-refractivity contribution < 1.29 is 9.84 Å². The van der Waals surface area contributed by atoms with E-state index >= 15 is 0 Å². The number of nitrogens with two attached hydrogens (primary N) is 1. The van der Waals surface area contributed by atoms with Gasteiger partial charge in [0.25, 0.3) is 0 Å². The number of benzene rings is 1. The number of piperidine rings is 1. The number of halogens is 1. The zero-order valence-corrected chi connectivity index (χ0v) is 16.2. The Labute approximate surface area is 164 Å². The summed E-state index contributed by atoms with van der Waals surface area (Å²) >= 11 is 6.41. The van der Waals surface area contributed by atoms with Crippen LogP contribution < -0.4 is 10.6 Å². The number of hydrogen-bond donors (Lipinski definition) is 2. The first kappa shape index (κ1) is 18.5. The fraction of sp³-hybridized carbons (Fsp3) is 0.500. The second kappa shape index (κ2) is 7.26. The van der Waals surface area contributed by atoms with Crippen molar-refractivity contribution in [1.29, 1.82) is 0 Å². The van der Waals surface area contributed by atoms with E-state index < -0.39 is 0 Å². The van der Waals surface area contributed by atoms with Gasteiger partial charge in [-0.1, -0.05) is 41.9 Å². The zero-order chi connectivity index (χ0) is 19.0. The second-order valence-corrected chi connectivity index (χ2v) is 7.96. The average Bonchev–Trinajstić information content (AvgIpc) is 2.66. The normalized spacial score (nSPS) is 24.9. The van der Waals surface area contributed by atoms with Crippen LogP contribution in [0.25, 0.3) is 0 Å². The molecule has 2 saturated heterocycles. The second-order valence-electron chi connectivity index (χ2n) is 7.59. The molecule has 0 unspecified atom stereocenters. The van der Waals surface area contributed by atoms with Gasteiger partial charge in [-0.3, -0.25) is 0 Å². The number of aromatic nitrogens is 2. The topological polar surface area (TPSA) is 84.5 Å². The minimum absolute atomic E-state index is 0.0676. The van der Waals surface area contributed by atoms with Crippen LogP contribution in [0.1, 0.15) is 43.0 Å². The first-order chi connectivity index (χ1) is 13.0. The maximum absolute atomic E-state index is 10.5. The summed E-state index contributed by atoms with van der Waals surface area (Å²) in [7, 11) is 0. The summed E-state index contributed by atoms with van der Waals surface area (Å²) in [6.07, 6.45) is 2.52. The van der Waals surface area contributed by atoms with Crippen LogP contribution in [0.2, 0.25) is 5.02 Å². The Hall–Kier alpha value is -1.89. The van der Waals surface area contributed by atoms with Crippen molar-refractivity contribution in [2.45, 2.75) is 50.4 Å². The highest BCUT2D eigenvalue weighted by Crippen LogP contribution is 2.44. The fourth-order valence-corrected chi connectivity index (χ4v) is 4.46. The molecule has 2 aliphatic rings. The first-order valence-electron chi connectivity index (χ1n) is 9.41. The van der Waals surface area contributed by atoms with Crippen LogP contribution in [0, 0.1) is 6.92 Å². The lowest BCUT2D eigenvalue weighted by Crippen LogP contribution is -2.51. The Morgan fingerprint density at radius 3 is 2.63 bits per heavy atom. The van der Waals surface area contributed by atoms with Gasteiger partial charge in [0.15, 0.2) is 5.82 Å². The highest BCUT2D eigenvalue weighted by atomic mass is 35.5. The number of rotatable bonds is 2. The van der Waals surface area contributed by atoms with Gasteiger partial charge in [0, 0.05) is 25.9 Å². The predicted octanol–water partition coefficient (Wildman–Crippen LogP) is 3.27. The van der Waals surface area contributed by atoms with Crippen molar-refractivity contribution in [2.24, 2.45) is 0 Å². The maximum atomic E-state index is 10.5. The molecule has 1 aromatic heterocycles. The molecule has 1 spiro atoms. The monoisotopic (exact) mass is 388 g/mol. The van der Waals surface area contributed by atoms with Gasteiger partial charge >= 0.3 is 0 Å². The molecule has 0 aliphatic carbocycles. The number of aliphatic hydroxyl groups excluding tert-OH is 1. The number of hydrogen-bond acceptors (Lipinski definition) is 6. The van der Waals surface area contributed by atoms with Crippen LogP contribution in [0.4, 0.5) is 11.8 Å². The van der Waals surface area contributed by atoms with Gasteiger partial charge in [0.05, 0.1) is 23.5 Å². The Bertz CT molecular complexity index is 809. The number of aryl methyl sites for hydroxylation is 1. The SMILES string of the molecule is Cc1nc(N)nc(N2CCC3(CC2)C[C@H](O)C[C@H](c2ccccc2)O3)c1Cl. The van der Waals surface area contributed by atoms with E-state index in [1.807, 2.05) is 25.1 Å². The molecule has 2 atom stereocenters. The molecule has 1 aromatic carbocycles. The molecule has 3 heterocycles. The fourth-order valence-electron chi connectivity index (χ4n) is 4.25. The number of ether oxygens (including phenoxy) is 1. The lowest BCUT2D eigenvalue weighted by atomic mass is 9.81. The first-order valence-corrected chi connectivity index (χ1v) is 9.79. The van der Waals surface area contributed by atoms with Crippen LogP contribution in [0.15, 0.2) is 30.3 Å². The van der Waals surface area contributed by atoms with Crippen molar-refractivity contribution in [3.05, 3.63) is 46.6 Å². The predicted molar refractivity (Wildman–Crippen MR) is 106 cm³/mol. The molecule has 4 rings (SSSR count). The molecule has 0 saturated carbocycles. The highest BCUT2D eigenvalue weighted by Gasteiger charge is 2.44. The molecule has 2 aliphatic heterocycles. The van der Waals surface area contributed by atoms with Gasteiger partial charge < -0.3 is 20.5 Å². The number of anilines is 2. The van der Waals surface area contributed by atoms with Gasteiger partial charge in [0.1, 0.15) is 5.02 Å². The van der Waals surface area contributed by atoms with E-state index in [0.29, 0.717) is 29.4 Å². The number of nitrogens with zero attached hydrogens (tertiary/aromatic N) is 3. The van der Waals surface area contributed by atoms with Crippen molar-refractivity contribution in [2.75, 3.05) is 23.7 Å². The largest absolute Gasteiger partial charge is 0.393 e. The molecule has 2 fully saturated rings. The lowest BCUT2D eigenvalue weighted by Gasteiger charge is -2.48. The Morgan fingerprint density at radius 2 is 1.93 bits per heavy atom. The van der Waals surface area contributed by atoms with E-state index in [0.717, 1.165) is 31.5 Å². The standard InChI is InChI=1S/C20H25ClN4O2/c1-13-17(21)18(24-19(22)23-13)25-9-7-20(8-10-25)12-15(26)11-16(27-20)14-5-3-2-4-6-14/h2-6,15-16,26H,7-12H2,1H3,(H2,22,23,24)/t15-,16-/m1/s1. The van der Waals surface area contributed by atoms with E-state index in [9.17, 15) is 5.11 Å². The summed E-state index contributed by atoms with van der Waals surface area (Å²) in [6, 6.07) is 10.2. The molecule has 2 aromatic rings. The van der Waals surface area contributed by atoms with E-state index in [2.05, 4.69) is 27.0 Å². The van der Waals surface area contributed by atoms with Crippen LogP contribution in [-0.4, -0.2) is 39.9 Å². The van der Waals surface area contributed by atoms with Gasteiger partial charge in [-0.15, -0.1) is 0 Å². The van der Waals surface area contributed by atoms with Gasteiger partial charge in [-0.25, -0.2) is 4.98 Å². The summed E-state index contributed by atoms with van der Waals surface area (Å²) in [5.41, 5.74) is 7.31. The molecule has 144 valence electrons. The van der Waals surface area contributed by atoms with Gasteiger partial charge in [-0.05, 0) is 25.3 Å². The minimum Gasteiger partial charge on any atom is -0.393 e. The van der Waals surface area contributed by atoms with E-state index in [4.69, 9.17) is 22.1 Å². The molecule has 6 nitrogen and oxygen atoms in total. The summed E-state index contributed by atoms with van der Waals surface area (Å²) in [5.74, 6) is 0.924. The third-order valence-electron chi connectivity index (χ3n) is 5.65. The smallest absolute Gasteiger partial charge is 0.222 e. The van der Waals surface area contributed by atoms with Gasteiger partial charge in [0.2, 0.25) is 5.95 Å². The number of aliphatic hydroxyl groups is 1. The molecule has 7 heteroatoms. The number of nitrogen functional groups attached to an aromatic ring is 1. The quantitative estimate of drug-likeness (QED) is 0.821. The minimum atomic E-state index is -0.351. The Balaban J connectivity index is 1.51. The molecular weight excluding hydrogens is 364 g/mol. The maximum Gasteiger partial charge on any atom is 0.222 e. The lowest BCUT2D eigenvalue weighted by molar-refractivity contribution is -0.173. The summed E-state index contributed by atoms with van der Waals surface area (Å²) in [5, 5.41) is 11.1. The molecule has 3 N–H and O–H groups in total. The Kier molecular flexibility index (Phi) is 4.97. The zero-order valence-electron chi connectivity index (χ0n) is 15.4. The van der Waals surface area contributed by atoms with E-state index in [1.165, 1.54) is 0 Å². The van der Waals surface area contributed by atoms with Crippen LogP contribution in [-0.2, 0) is 4.74 Å². The summed E-state index contributed by atoms with van der Waals surface area (Å²) in [4.78, 5) is 10.6. The molecule has 0 bridgehead atoms. The third kappa shape index (κ3) is 3.74. The van der Waals surface area contributed by atoms with Crippen molar-refractivity contribution >= 4 is 23.4 Å². The van der Waals surface area contributed by atoms with Gasteiger partial charge in [-0.2, -0.15) is 4.98 Å². The van der Waals surface area contributed by atoms with Crippen molar-refractivity contribution in [3.8, 4) is 0 Å².